The maximum Gasteiger partial charge on any atom is 0.131 e. The molecule has 2 aliphatic carbocycles. The maximum atomic E-state index is 14.4. The molecule has 2 saturated carbocycles. The number of hydrogen-bond donors (Lipinski definition) is 0. The van der Waals surface area contributed by atoms with Crippen molar-refractivity contribution in [1.82, 2.24) is 0 Å². The van der Waals surface area contributed by atoms with Crippen LogP contribution < -0.4 is 0 Å². The van der Waals surface area contributed by atoms with Gasteiger partial charge in [-0.05, 0) is 106 Å². The zero-order valence-corrected chi connectivity index (χ0v) is 17.6. The van der Waals surface area contributed by atoms with E-state index >= 15 is 0 Å². The van der Waals surface area contributed by atoms with Gasteiger partial charge in [0, 0.05) is 12.2 Å². The van der Waals surface area contributed by atoms with Crippen LogP contribution in [0, 0.1) is 29.4 Å². The highest BCUT2D eigenvalue weighted by atomic mass is 19.1. The Hall–Kier alpha value is -1.22. The Bertz CT molecular complexity index is 615. The molecule has 0 N–H and O–H groups in total. The number of allylic oxidation sites excluding steroid dienone is 2. The zero-order chi connectivity index (χ0) is 19.9. The van der Waals surface area contributed by atoms with Crippen molar-refractivity contribution in [2.75, 3.05) is 6.61 Å². The molecule has 0 bridgehead atoms. The number of halogens is 2. The van der Waals surface area contributed by atoms with E-state index in [1.165, 1.54) is 38.5 Å². The minimum absolute atomic E-state index is 0.0112. The number of benzene rings is 1. The molecule has 0 radical (unpaired) electrons. The van der Waals surface area contributed by atoms with Gasteiger partial charge in [-0.1, -0.05) is 19.1 Å². The summed E-state index contributed by atoms with van der Waals surface area (Å²) >= 11 is 0. The SMILES string of the molecule is CC/C=C/C1CCC(C2CCC(c3cc(F)c(COCC)c(F)c3)CC2)CC1. The lowest BCUT2D eigenvalue weighted by Crippen LogP contribution is -2.25. The van der Waals surface area contributed by atoms with Gasteiger partial charge in [-0.2, -0.15) is 0 Å². The fourth-order valence-electron chi connectivity index (χ4n) is 5.26. The summed E-state index contributed by atoms with van der Waals surface area (Å²) in [6.07, 6.45) is 15.8. The molecule has 1 nitrogen and oxygen atoms in total. The summed E-state index contributed by atoms with van der Waals surface area (Å²) in [6, 6.07) is 3.10. The Labute approximate surface area is 169 Å². The molecule has 0 aliphatic heterocycles. The molecule has 0 unspecified atom stereocenters. The summed E-state index contributed by atoms with van der Waals surface area (Å²) in [5.74, 6) is 1.83. The second-order valence-corrected chi connectivity index (χ2v) is 8.72. The molecule has 0 heterocycles. The van der Waals surface area contributed by atoms with E-state index in [9.17, 15) is 8.78 Å². The summed E-state index contributed by atoms with van der Waals surface area (Å²) in [5, 5.41) is 0. The van der Waals surface area contributed by atoms with Crippen molar-refractivity contribution in [3.05, 3.63) is 47.0 Å². The first-order valence-electron chi connectivity index (χ1n) is 11.3. The third-order valence-corrected chi connectivity index (χ3v) is 6.98. The number of ether oxygens (including phenoxy) is 1. The predicted octanol–water partition coefficient (Wildman–Crippen LogP) is 7.55. The summed E-state index contributed by atoms with van der Waals surface area (Å²) < 4.78 is 33.9. The molecule has 0 aromatic heterocycles. The summed E-state index contributed by atoms with van der Waals surface area (Å²) in [5.41, 5.74) is 0.898. The van der Waals surface area contributed by atoms with Crippen molar-refractivity contribution in [2.24, 2.45) is 17.8 Å². The summed E-state index contributed by atoms with van der Waals surface area (Å²) in [7, 11) is 0. The van der Waals surface area contributed by atoms with Crippen LogP contribution >= 0.6 is 0 Å². The van der Waals surface area contributed by atoms with Gasteiger partial charge in [0.1, 0.15) is 11.6 Å². The van der Waals surface area contributed by atoms with Crippen molar-refractivity contribution in [2.45, 2.75) is 84.2 Å². The maximum absolute atomic E-state index is 14.4. The average Bonchev–Trinajstić information content (AvgIpc) is 2.72. The van der Waals surface area contributed by atoms with Crippen molar-refractivity contribution < 1.29 is 13.5 Å². The lowest BCUT2D eigenvalue weighted by Gasteiger charge is -2.37. The lowest BCUT2D eigenvalue weighted by molar-refractivity contribution is 0.128. The molecule has 0 atom stereocenters. The normalized spacial score (nSPS) is 28.7. The molecule has 0 saturated heterocycles. The van der Waals surface area contributed by atoms with Crippen LogP contribution in [0.2, 0.25) is 0 Å². The Morgan fingerprint density at radius 2 is 1.46 bits per heavy atom. The van der Waals surface area contributed by atoms with Crippen molar-refractivity contribution in [1.29, 1.82) is 0 Å². The number of rotatable bonds is 7. The van der Waals surface area contributed by atoms with E-state index in [0.717, 1.165) is 42.6 Å². The van der Waals surface area contributed by atoms with Gasteiger partial charge in [-0.3, -0.25) is 0 Å². The standard InChI is InChI=1S/C25H36F2O/c1-3-5-6-18-7-9-19(10-8-18)20-11-13-21(14-12-20)22-15-24(26)23(17-28-4-2)25(27)16-22/h5-6,15-16,18-21H,3-4,7-14,17H2,1-2H3/b6-5+. The van der Waals surface area contributed by atoms with E-state index < -0.39 is 11.6 Å². The van der Waals surface area contributed by atoms with E-state index in [0.29, 0.717) is 12.5 Å². The highest BCUT2D eigenvalue weighted by molar-refractivity contribution is 5.28. The summed E-state index contributed by atoms with van der Waals surface area (Å²) in [4.78, 5) is 0. The van der Waals surface area contributed by atoms with Crippen LogP contribution in [0.3, 0.4) is 0 Å². The van der Waals surface area contributed by atoms with Crippen molar-refractivity contribution in [3.63, 3.8) is 0 Å². The minimum Gasteiger partial charge on any atom is -0.377 e. The fraction of sp³-hybridized carbons (Fsp3) is 0.680. The Morgan fingerprint density at radius 1 is 0.893 bits per heavy atom. The van der Waals surface area contributed by atoms with Gasteiger partial charge < -0.3 is 4.74 Å². The van der Waals surface area contributed by atoms with Gasteiger partial charge >= 0.3 is 0 Å². The highest BCUT2D eigenvalue weighted by Gasteiger charge is 2.31. The zero-order valence-electron chi connectivity index (χ0n) is 17.6. The van der Waals surface area contributed by atoms with Crippen molar-refractivity contribution >= 4 is 0 Å². The molecule has 2 fully saturated rings. The quantitative estimate of drug-likeness (QED) is 0.437. The van der Waals surface area contributed by atoms with Crippen LogP contribution in [0.25, 0.3) is 0 Å². The van der Waals surface area contributed by atoms with Crippen LogP contribution in [0.15, 0.2) is 24.3 Å². The molecule has 0 amide bonds. The summed E-state index contributed by atoms with van der Waals surface area (Å²) in [6.45, 7) is 4.50. The highest BCUT2D eigenvalue weighted by Crippen LogP contribution is 2.44. The molecule has 3 heteroatoms. The predicted molar refractivity (Wildman–Crippen MR) is 111 cm³/mol. The molecule has 3 rings (SSSR count). The second kappa shape index (κ2) is 10.5. The lowest BCUT2D eigenvalue weighted by atomic mass is 9.68. The molecule has 1 aromatic carbocycles. The van der Waals surface area contributed by atoms with Crippen LogP contribution in [0.5, 0.6) is 0 Å². The van der Waals surface area contributed by atoms with E-state index in [1.807, 2.05) is 6.92 Å². The van der Waals surface area contributed by atoms with Gasteiger partial charge in [-0.25, -0.2) is 8.78 Å². The van der Waals surface area contributed by atoms with E-state index in [2.05, 4.69) is 19.1 Å². The third kappa shape index (κ3) is 5.43. The molecular weight excluding hydrogens is 354 g/mol. The average molecular weight is 391 g/mol. The van der Waals surface area contributed by atoms with Crippen LogP contribution in [-0.2, 0) is 11.3 Å². The van der Waals surface area contributed by atoms with Crippen molar-refractivity contribution in [3.8, 4) is 0 Å². The van der Waals surface area contributed by atoms with Crippen LogP contribution in [0.1, 0.15) is 88.7 Å². The topological polar surface area (TPSA) is 9.23 Å². The Balaban J connectivity index is 1.52. The van der Waals surface area contributed by atoms with Gasteiger partial charge in [0.05, 0.1) is 6.61 Å². The monoisotopic (exact) mass is 390 g/mol. The first-order valence-corrected chi connectivity index (χ1v) is 11.3. The van der Waals surface area contributed by atoms with E-state index in [4.69, 9.17) is 4.74 Å². The van der Waals surface area contributed by atoms with Gasteiger partial charge in [0.15, 0.2) is 0 Å². The van der Waals surface area contributed by atoms with E-state index in [-0.39, 0.29) is 12.2 Å². The third-order valence-electron chi connectivity index (χ3n) is 6.98. The Morgan fingerprint density at radius 3 is 2.00 bits per heavy atom. The smallest absolute Gasteiger partial charge is 0.131 e. The van der Waals surface area contributed by atoms with Gasteiger partial charge in [0.2, 0.25) is 0 Å². The molecule has 2 aliphatic rings. The Kier molecular flexibility index (Phi) is 8.08. The van der Waals surface area contributed by atoms with E-state index in [1.54, 1.807) is 12.1 Å². The molecule has 156 valence electrons. The molecular formula is C25H36F2O. The number of hydrogen-bond acceptors (Lipinski definition) is 1. The van der Waals surface area contributed by atoms with Gasteiger partial charge in [-0.15, -0.1) is 0 Å². The first-order chi connectivity index (χ1) is 13.6. The first kappa shape index (κ1) is 21.5. The molecule has 0 spiro atoms. The van der Waals surface area contributed by atoms with Crippen LogP contribution in [-0.4, -0.2) is 6.61 Å². The van der Waals surface area contributed by atoms with Crippen LogP contribution in [0.4, 0.5) is 8.78 Å². The fourth-order valence-corrected chi connectivity index (χ4v) is 5.26. The molecule has 28 heavy (non-hydrogen) atoms. The minimum atomic E-state index is -0.455. The largest absolute Gasteiger partial charge is 0.377 e. The second-order valence-electron chi connectivity index (χ2n) is 8.72. The van der Waals surface area contributed by atoms with Gasteiger partial charge in [0.25, 0.3) is 0 Å². The molecule has 1 aromatic rings.